The number of thiophene rings is 1. The third-order valence-corrected chi connectivity index (χ3v) is 5.44. The summed E-state index contributed by atoms with van der Waals surface area (Å²) in [5.74, 6) is 2.10. The second kappa shape index (κ2) is 9.93. The maximum Gasteiger partial charge on any atom is 0.188 e. The monoisotopic (exact) mass is 336 g/mol. The second-order valence-corrected chi connectivity index (χ2v) is 7.98. The van der Waals surface area contributed by atoms with Gasteiger partial charge >= 0.3 is 0 Å². The van der Waals surface area contributed by atoms with Crippen molar-refractivity contribution in [3.05, 3.63) is 22.4 Å². The maximum absolute atomic E-state index is 5.97. The number of aliphatic imine (C=N–C) groups is 1. The number of nitrogens with zero attached hydrogens (tertiary/aromatic N) is 2. The smallest absolute Gasteiger partial charge is 0.188 e. The maximum atomic E-state index is 5.97. The van der Waals surface area contributed by atoms with Gasteiger partial charge in [0, 0.05) is 18.0 Å². The zero-order valence-corrected chi connectivity index (χ0v) is 15.4. The molecule has 1 aliphatic rings. The fourth-order valence-corrected chi connectivity index (χ4v) is 3.59. The molecule has 0 aliphatic carbocycles. The molecule has 5 heteroatoms. The Bertz CT molecular complexity index is 448. The van der Waals surface area contributed by atoms with E-state index in [4.69, 9.17) is 5.73 Å². The highest BCUT2D eigenvalue weighted by Gasteiger charge is 2.18. The van der Waals surface area contributed by atoms with Crippen LogP contribution in [0.4, 0.5) is 0 Å². The van der Waals surface area contributed by atoms with Gasteiger partial charge in [-0.3, -0.25) is 4.99 Å². The number of hydrogen-bond donors (Lipinski definition) is 2. The van der Waals surface area contributed by atoms with Crippen molar-refractivity contribution in [3.63, 3.8) is 0 Å². The van der Waals surface area contributed by atoms with Crippen LogP contribution in [0.3, 0.4) is 0 Å². The zero-order valence-electron chi connectivity index (χ0n) is 14.6. The van der Waals surface area contributed by atoms with Crippen LogP contribution in [-0.2, 0) is 6.42 Å². The minimum atomic E-state index is 0.601. The largest absolute Gasteiger partial charge is 0.370 e. The van der Waals surface area contributed by atoms with Crippen molar-refractivity contribution in [1.82, 2.24) is 10.2 Å². The molecule has 3 N–H and O–H groups in total. The van der Waals surface area contributed by atoms with Crippen LogP contribution in [0.1, 0.15) is 38.0 Å². The topological polar surface area (TPSA) is 53.6 Å². The summed E-state index contributed by atoms with van der Waals surface area (Å²) in [6, 6.07) is 4.25. The molecule has 4 nitrogen and oxygen atoms in total. The third-order valence-electron chi connectivity index (χ3n) is 4.51. The van der Waals surface area contributed by atoms with E-state index in [1.165, 1.54) is 43.8 Å². The summed E-state index contributed by atoms with van der Waals surface area (Å²) in [4.78, 5) is 8.52. The lowest BCUT2D eigenvalue weighted by Gasteiger charge is -2.31. The molecule has 23 heavy (non-hydrogen) atoms. The molecule has 0 saturated carbocycles. The molecule has 0 spiro atoms. The summed E-state index contributed by atoms with van der Waals surface area (Å²) in [6.45, 7) is 10.0. The Morgan fingerprint density at radius 3 is 2.87 bits per heavy atom. The molecule has 1 aromatic rings. The fraction of sp³-hybridized carbons (Fsp3) is 0.722. The number of guanidine groups is 1. The molecular weight excluding hydrogens is 304 g/mol. The van der Waals surface area contributed by atoms with E-state index in [1.54, 1.807) is 11.3 Å². The summed E-state index contributed by atoms with van der Waals surface area (Å²) in [5.41, 5.74) is 5.97. The predicted octanol–water partition coefficient (Wildman–Crippen LogP) is 2.95. The van der Waals surface area contributed by atoms with Gasteiger partial charge in [0.05, 0.1) is 0 Å². The Balaban J connectivity index is 1.58. The van der Waals surface area contributed by atoms with E-state index in [2.05, 4.69) is 46.6 Å². The standard InChI is InChI=1S/C18H32N4S/c1-15(2)6-10-22-11-7-16(8-12-22)14-21-18(19)20-9-5-17-4-3-13-23-17/h3-4,13,15-16H,5-12,14H2,1-2H3,(H3,19,20,21). The first kappa shape index (κ1) is 18.3. The van der Waals surface area contributed by atoms with Crippen LogP contribution in [0.2, 0.25) is 0 Å². The lowest BCUT2D eigenvalue weighted by Crippen LogP contribution is -2.37. The summed E-state index contributed by atoms with van der Waals surface area (Å²) in [5, 5.41) is 5.34. The Labute approximate surface area is 145 Å². The van der Waals surface area contributed by atoms with E-state index < -0.39 is 0 Å². The molecule has 0 atom stereocenters. The zero-order chi connectivity index (χ0) is 16.5. The van der Waals surface area contributed by atoms with Gasteiger partial charge in [-0.2, -0.15) is 0 Å². The van der Waals surface area contributed by atoms with E-state index in [-0.39, 0.29) is 0 Å². The Hall–Kier alpha value is -1.07. The summed E-state index contributed by atoms with van der Waals surface area (Å²) >= 11 is 1.79. The predicted molar refractivity (Wildman–Crippen MR) is 101 cm³/mol. The van der Waals surface area contributed by atoms with E-state index in [1.807, 2.05) is 0 Å². The molecular formula is C18H32N4S. The van der Waals surface area contributed by atoms with Gasteiger partial charge in [-0.05, 0) is 68.6 Å². The van der Waals surface area contributed by atoms with Crippen molar-refractivity contribution >= 4 is 17.3 Å². The SMILES string of the molecule is CC(C)CCN1CCC(CN=C(N)NCCc2cccs2)CC1. The Morgan fingerprint density at radius 1 is 1.43 bits per heavy atom. The van der Waals surface area contributed by atoms with Crippen molar-refractivity contribution in [2.75, 3.05) is 32.7 Å². The summed E-state index contributed by atoms with van der Waals surface area (Å²) < 4.78 is 0. The quantitative estimate of drug-likeness (QED) is 0.567. The molecule has 1 saturated heterocycles. The van der Waals surface area contributed by atoms with Gasteiger partial charge in [-0.25, -0.2) is 0 Å². The van der Waals surface area contributed by atoms with E-state index in [0.717, 1.165) is 25.4 Å². The molecule has 1 aromatic heterocycles. The molecule has 0 radical (unpaired) electrons. The Morgan fingerprint density at radius 2 is 2.22 bits per heavy atom. The minimum Gasteiger partial charge on any atom is -0.370 e. The fourth-order valence-electron chi connectivity index (χ4n) is 2.89. The highest BCUT2D eigenvalue weighted by Crippen LogP contribution is 2.18. The summed E-state index contributed by atoms with van der Waals surface area (Å²) in [7, 11) is 0. The van der Waals surface area contributed by atoms with Crippen LogP contribution in [0.15, 0.2) is 22.5 Å². The van der Waals surface area contributed by atoms with Gasteiger partial charge in [-0.1, -0.05) is 19.9 Å². The van der Waals surface area contributed by atoms with Gasteiger partial charge < -0.3 is 16.0 Å². The van der Waals surface area contributed by atoms with Gasteiger partial charge in [-0.15, -0.1) is 11.3 Å². The van der Waals surface area contributed by atoms with Gasteiger partial charge in [0.15, 0.2) is 5.96 Å². The number of nitrogens with one attached hydrogen (secondary N) is 1. The molecule has 0 unspecified atom stereocenters. The number of piperidine rings is 1. The van der Waals surface area contributed by atoms with Crippen LogP contribution in [-0.4, -0.2) is 43.6 Å². The van der Waals surface area contributed by atoms with Crippen molar-refractivity contribution in [2.45, 2.75) is 39.5 Å². The van der Waals surface area contributed by atoms with Crippen LogP contribution >= 0.6 is 11.3 Å². The normalized spacial score (nSPS) is 17.8. The molecule has 2 rings (SSSR count). The molecule has 0 amide bonds. The van der Waals surface area contributed by atoms with Crippen molar-refractivity contribution in [3.8, 4) is 0 Å². The van der Waals surface area contributed by atoms with E-state index in [0.29, 0.717) is 11.9 Å². The van der Waals surface area contributed by atoms with Crippen molar-refractivity contribution in [2.24, 2.45) is 22.6 Å². The van der Waals surface area contributed by atoms with Gasteiger partial charge in [0.2, 0.25) is 0 Å². The van der Waals surface area contributed by atoms with Crippen LogP contribution < -0.4 is 11.1 Å². The van der Waals surface area contributed by atoms with Crippen molar-refractivity contribution < 1.29 is 0 Å². The first-order valence-corrected chi connectivity index (χ1v) is 9.80. The average Bonchev–Trinajstić information content (AvgIpc) is 3.05. The molecule has 130 valence electrons. The lowest BCUT2D eigenvalue weighted by atomic mass is 9.96. The number of rotatable bonds is 8. The van der Waals surface area contributed by atoms with E-state index in [9.17, 15) is 0 Å². The molecule has 0 aromatic carbocycles. The van der Waals surface area contributed by atoms with Crippen molar-refractivity contribution in [1.29, 1.82) is 0 Å². The average molecular weight is 337 g/mol. The number of likely N-dealkylation sites (tertiary alicyclic amines) is 1. The third kappa shape index (κ3) is 7.36. The van der Waals surface area contributed by atoms with Crippen LogP contribution in [0.25, 0.3) is 0 Å². The van der Waals surface area contributed by atoms with Gasteiger partial charge in [0.25, 0.3) is 0 Å². The first-order chi connectivity index (χ1) is 11.1. The summed E-state index contributed by atoms with van der Waals surface area (Å²) in [6.07, 6.45) is 4.83. The highest BCUT2D eigenvalue weighted by atomic mass is 32.1. The van der Waals surface area contributed by atoms with Gasteiger partial charge in [0.1, 0.15) is 0 Å². The molecule has 2 heterocycles. The van der Waals surface area contributed by atoms with E-state index >= 15 is 0 Å². The van der Waals surface area contributed by atoms with Crippen LogP contribution in [0.5, 0.6) is 0 Å². The lowest BCUT2D eigenvalue weighted by molar-refractivity contribution is 0.180. The first-order valence-electron chi connectivity index (χ1n) is 8.92. The number of hydrogen-bond acceptors (Lipinski definition) is 3. The molecule has 0 bridgehead atoms. The molecule has 1 fully saturated rings. The number of nitrogens with two attached hydrogens (primary N) is 1. The second-order valence-electron chi connectivity index (χ2n) is 6.95. The Kier molecular flexibility index (Phi) is 7.89. The van der Waals surface area contributed by atoms with Crippen LogP contribution in [0, 0.1) is 11.8 Å². The minimum absolute atomic E-state index is 0.601. The highest BCUT2D eigenvalue weighted by molar-refractivity contribution is 7.09. The molecule has 1 aliphatic heterocycles.